The summed E-state index contributed by atoms with van der Waals surface area (Å²) in [5, 5.41) is 0. The van der Waals surface area contributed by atoms with Crippen LogP contribution in [0.2, 0.25) is 0 Å². The van der Waals surface area contributed by atoms with Gasteiger partial charge in [-0.1, -0.05) is 0 Å². The number of aromatic nitrogens is 2. The largest absolute Gasteiger partial charge is 0.454 e. The third-order valence-corrected chi connectivity index (χ3v) is 3.31. The van der Waals surface area contributed by atoms with Gasteiger partial charge in [-0.05, 0) is 31.2 Å². The minimum Gasteiger partial charge on any atom is -0.454 e. The van der Waals surface area contributed by atoms with Gasteiger partial charge in [0, 0.05) is 24.5 Å². The normalized spacial score (nSPS) is 10.3. The van der Waals surface area contributed by atoms with Crippen LogP contribution in [0, 0.1) is 5.82 Å². The van der Waals surface area contributed by atoms with Gasteiger partial charge in [0.2, 0.25) is 0 Å². The van der Waals surface area contributed by atoms with Crippen molar-refractivity contribution in [1.82, 2.24) is 9.55 Å². The molecule has 0 aliphatic heterocycles. The molecule has 0 unspecified atom stereocenters. The number of aromatic amines is 1. The summed E-state index contributed by atoms with van der Waals surface area (Å²) >= 11 is 0. The number of hydrogen-bond acceptors (Lipinski definition) is 5. The quantitative estimate of drug-likeness (QED) is 0.755. The van der Waals surface area contributed by atoms with Crippen molar-refractivity contribution in [2.45, 2.75) is 13.5 Å². The lowest BCUT2D eigenvalue weighted by Crippen LogP contribution is -2.36. The van der Waals surface area contributed by atoms with E-state index in [1.807, 2.05) is 4.98 Å². The molecular weight excluding hydrogens is 333 g/mol. The predicted molar refractivity (Wildman–Crippen MR) is 86.7 cm³/mol. The lowest BCUT2D eigenvalue weighted by Gasteiger charge is -2.20. The molecule has 9 heteroatoms. The molecule has 0 spiro atoms. The van der Waals surface area contributed by atoms with Gasteiger partial charge < -0.3 is 9.64 Å². The molecule has 132 valence electrons. The van der Waals surface area contributed by atoms with Crippen molar-refractivity contribution < 1.29 is 18.7 Å². The van der Waals surface area contributed by atoms with Crippen molar-refractivity contribution in [1.29, 1.82) is 0 Å². The number of halogens is 1. The van der Waals surface area contributed by atoms with E-state index in [1.54, 1.807) is 6.92 Å². The summed E-state index contributed by atoms with van der Waals surface area (Å²) in [6, 6.07) is 6.42. The van der Waals surface area contributed by atoms with Crippen molar-refractivity contribution in [3.8, 4) is 0 Å². The Kier molecular flexibility index (Phi) is 5.83. The first-order valence-electron chi connectivity index (χ1n) is 7.42. The number of ether oxygens (including phenoxy) is 1. The highest BCUT2D eigenvalue weighted by Crippen LogP contribution is 2.14. The van der Waals surface area contributed by atoms with Crippen molar-refractivity contribution in [3.63, 3.8) is 0 Å². The summed E-state index contributed by atoms with van der Waals surface area (Å²) < 4.78 is 18.8. The van der Waals surface area contributed by atoms with Gasteiger partial charge in [-0.2, -0.15) is 0 Å². The Morgan fingerprint density at radius 2 is 1.88 bits per heavy atom. The van der Waals surface area contributed by atoms with E-state index in [-0.39, 0.29) is 0 Å². The molecule has 2 rings (SSSR count). The summed E-state index contributed by atoms with van der Waals surface area (Å²) in [5.41, 5.74) is -0.859. The van der Waals surface area contributed by atoms with Gasteiger partial charge in [-0.25, -0.2) is 9.18 Å². The van der Waals surface area contributed by atoms with Crippen LogP contribution < -0.4 is 16.1 Å². The number of nitrogens with one attached hydrogen (secondary N) is 1. The molecule has 1 N–H and O–H groups in total. The Balaban J connectivity index is 1.95. The second-order valence-electron chi connectivity index (χ2n) is 5.01. The highest BCUT2D eigenvalue weighted by molar-refractivity contribution is 5.95. The average molecular weight is 349 g/mol. The number of hydrogen-bond donors (Lipinski definition) is 1. The SMILES string of the molecule is CCN(C(=O)COC(=O)Cn1ccc(=O)[nH]c1=O)c1ccc(F)cc1. The molecule has 0 atom stereocenters. The van der Waals surface area contributed by atoms with Gasteiger partial charge >= 0.3 is 11.7 Å². The summed E-state index contributed by atoms with van der Waals surface area (Å²) in [7, 11) is 0. The van der Waals surface area contributed by atoms with Crippen molar-refractivity contribution >= 4 is 17.6 Å². The molecule has 1 aromatic heterocycles. The summed E-state index contributed by atoms with van der Waals surface area (Å²) in [6.07, 6.45) is 1.15. The van der Waals surface area contributed by atoms with E-state index >= 15 is 0 Å². The van der Waals surface area contributed by atoms with Crippen LogP contribution in [-0.2, 0) is 20.9 Å². The topological polar surface area (TPSA) is 101 Å². The number of amides is 1. The minimum atomic E-state index is -0.808. The van der Waals surface area contributed by atoms with Crippen LogP contribution in [0.1, 0.15) is 6.92 Å². The Labute approximate surface area is 141 Å². The predicted octanol–water partition coefficient (Wildman–Crippen LogP) is 0.272. The molecule has 8 nitrogen and oxygen atoms in total. The number of H-pyrrole nitrogens is 1. The lowest BCUT2D eigenvalue weighted by atomic mass is 10.2. The van der Waals surface area contributed by atoms with Crippen LogP contribution in [0.4, 0.5) is 10.1 Å². The third-order valence-electron chi connectivity index (χ3n) is 3.31. The zero-order valence-corrected chi connectivity index (χ0v) is 13.4. The third kappa shape index (κ3) is 4.87. The number of nitrogens with zero attached hydrogens (tertiary/aromatic N) is 2. The Hall–Kier alpha value is -3.23. The van der Waals surface area contributed by atoms with Gasteiger partial charge in [0.15, 0.2) is 6.61 Å². The van der Waals surface area contributed by atoms with E-state index in [2.05, 4.69) is 0 Å². The van der Waals surface area contributed by atoms with Crippen LogP contribution in [-0.4, -0.2) is 34.6 Å². The molecule has 0 saturated heterocycles. The molecule has 0 saturated carbocycles. The fourth-order valence-corrected chi connectivity index (χ4v) is 2.10. The van der Waals surface area contributed by atoms with Gasteiger partial charge in [0.1, 0.15) is 12.4 Å². The Morgan fingerprint density at radius 3 is 2.48 bits per heavy atom. The molecule has 0 radical (unpaired) electrons. The number of esters is 1. The smallest absolute Gasteiger partial charge is 0.328 e. The Bertz CT molecular complexity index is 872. The highest BCUT2D eigenvalue weighted by atomic mass is 19.1. The first-order chi connectivity index (χ1) is 11.9. The average Bonchev–Trinajstić information content (AvgIpc) is 2.58. The van der Waals surface area contributed by atoms with Crippen LogP contribution in [0.5, 0.6) is 0 Å². The Morgan fingerprint density at radius 1 is 1.20 bits per heavy atom. The maximum Gasteiger partial charge on any atom is 0.328 e. The highest BCUT2D eigenvalue weighted by Gasteiger charge is 2.16. The van der Waals surface area contributed by atoms with Crippen LogP contribution in [0.3, 0.4) is 0 Å². The summed E-state index contributed by atoms with van der Waals surface area (Å²) in [5.74, 6) is -1.72. The van der Waals surface area contributed by atoms with Crippen molar-refractivity contribution in [2.24, 2.45) is 0 Å². The molecule has 25 heavy (non-hydrogen) atoms. The molecule has 0 aliphatic rings. The van der Waals surface area contributed by atoms with Crippen LogP contribution >= 0.6 is 0 Å². The first kappa shape index (κ1) is 18.1. The molecule has 1 heterocycles. The monoisotopic (exact) mass is 349 g/mol. The zero-order valence-electron chi connectivity index (χ0n) is 13.4. The lowest BCUT2D eigenvalue weighted by molar-refractivity contribution is -0.148. The van der Waals surface area contributed by atoms with E-state index in [9.17, 15) is 23.6 Å². The second-order valence-corrected chi connectivity index (χ2v) is 5.01. The molecule has 1 amide bonds. The number of likely N-dealkylation sites (N-methyl/N-ethyl adjacent to an activating group) is 1. The van der Waals surface area contributed by atoms with Gasteiger partial charge in [0.05, 0.1) is 0 Å². The van der Waals surface area contributed by atoms with Crippen LogP contribution in [0.15, 0.2) is 46.1 Å². The van der Waals surface area contributed by atoms with Gasteiger partial charge in [-0.15, -0.1) is 0 Å². The van der Waals surface area contributed by atoms with E-state index < -0.39 is 42.1 Å². The molecule has 0 fully saturated rings. The number of carbonyl (C=O) groups excluding carboxylic acids is 2. The summed E-state index contributed by atoms with van der Waals surface area (Å²) in [4.78, 5) is 49.7. The fourth-order valence-electron chi connectivity index (χ4n) is 2.10. The van der Waals surface area contributed by atoms with E-state index in [4.69, 9.17) is 4.74 Å². The summed E-state index contributed by atoms with van der Waals surface area (Å²) in [6.45, 7) is 1.07. The zero-order chi connectivity index (χ0) is 18.4. The van der Waals surface area contributed by atoms with E-state index in [1.165, 1.54) is 29.2 Å². The number of benzene rings is 1. The van der Waals surface area contributed by atoms with Crippen LogP contribution in [0.25, 0.3) is 0 Å². The second kappa shape index (κ2) is 8.04. The van der Waals surface area contributed by atoms with Crippen molar-refractivity contribution in [3.05, 3.63) is 63.2 Å². The van der Waals surface area contributed by atoms with Gasteiger partial charge in [0.25, 0.3) is 11.5 Å². The van der Waals surface area contributed by atoms with Crippen molar-refractivity contribution in [2.75, 3.05) is 18.1 Å². The van der Waals surface area contributed by atoms with Gasteiger partial charge in [-0.3, -0.25) is 23.9 Å². The molecular formula is C16H16FN3O5. The minimum absolute atomic E-state index is 0.307. The number of carbonyl (C=O) groups is 2. The van der Waals surface area contributed by atoms with E-state index in [0.717, 1.165) is 16.8 Å². The molecule has 0 aliphatic carbocycles. The maximum absolute atomic E-state index is 13.0. The maximum atomic E-state index is 13.0. The molecule has 0 bridgehead atoms. The molecule has 1 aromatic carbocycles. The molecule has 2 aromatic rings. The first-order valence-corrected chi connectivity index (χ1v) is 7.42. The standard InChI is InChI=1S/C16H16FN3O5/c1-2-20(12-5-3-11(17)4-6-12)14(22)10-25-15(23)9-19-8-7-13(21)18-16(19)24/h3-8H,2,9-10H2,1H3,(H,18,21,24). The van der Waals surface area contributed by atoms with E-state index in [0.29, 0.717) is 12.2 Å². The number of anilines is 1. The number of rotatable bonds is 6. The fraction of sp³-hybridized carbons (Fsp3) is 0.250.